The molecule has 2 aromatic rings. The van der Waals surface area contributed by atoms with E-state index in [0.717, 1.165) is 35.8 Å². The van der Waals surface area contributed by atoms with E-state index >= 15 is 0 Å². The van der Waals surface area contributed by atoms with Crippen molar-refractivity contribution in [3.05, 3.63) is 49.9 Å². The molecule has 1 aromatic carbocycles. The average molecular weight is 491 g/mol. The second-order valence-electron chi connectivity index (χ2n) is 8.93. The molecule has 0 unspecified atom stereocenters. The fourth-order valence-electron chi connectivity index (χ4n) is 3.96. The Balaban J connectivity index is 1.79. The van der Waals surface area contributed by atoms with Gasteiger partial charge < -0.3 is 15.8 Å². The lowest BCUT2D eigenvalue weighted by molar-refractivity contribution is -0.385. The number of rotatable bonds is 5. The van der Waals surface area contributed by atoms with Gasteiger partial charge in [-0.05, 0) is 60.5 Å². The summed E-state index contributed by atoms with van der Waals surface area (Å²) in [6.07, 6.45) is 2.56. The summed E-state index contributed by atoms with van der Waals surface area (Å²) in [6.45, 7) is 6.62. The summed E-state index contributed by atoms with van der Waals surface area (Å²) >= 11 is 6.68. The van der Waals surface area contributed by atoms with Crippen LogP contribution in [0.15, 0.2) is 18.2 Å². The Morgan fingerprint density at radius 1 is 1.33 bits per heavy atom. The summed E-state index contributed by atoms with van der Waals surface area (Å²) in [5.74, 6) is -0.659. The van der Waals surface area contributed by atoms with Gasteiger partial charge in [0.05, 0.1) is 17.6 Å². The number of benzene rings is 1. The van der Waals surface area contributed by atoms with E-state index < -0.39 is 16.7 Å². The minimum absolute atomic E-state index is 0.0352. The second kappa shape index (κ2) is 9.44. The van der Waals surface area contributed by atoms with E-state index in [2.05, 4.69) is 31.4 Å². The number of ether oxygens (including phenoxy) is 1. The van der Waals surface area contributed by atoms with Crippen LogP contribution in [0.1, 0.15) is 58.3 Å². The third-order valence-electron chi connectivity index (χ3n) is 5.83. The van der Waals surface area contributed by atoms with Crippen molar-refractivity contribution < 1.29 is 19.2 Å². The number of nitrogens with zero attached hydrogens (tertiary/aromatic N) is 1. The van der Waals surface area contributed by atoms with Gasteiger partial charge in [0.15, 0.2) is 10.9 Å². The normalized spacial score (nSPS) is 15.3. The van der Waals surface area contributed by atoms with Crippen molar-refractivity contribution in [3.63, 3.8) is 0 Å². The molecule has 176 valence electrons. The number of hydrogen-bond acceptors (Lipinski definition) is 7. The first-order chi connectivity index (χ1) is 15.4. The molecule has 33 heavy (non-hydrogen) atoms. The van der Waals surface area contributed by atoms with Gasteiger partial charge in [-0.2, -0.15) is 0 Å². The van der Waals surface area contributed by atoms with E-state index in [1.54, 1.807) is 0 Å². The van der Waals surface area contributed by atoms with Crippen LogP contribution in [0.3, 0.4) is 0 Å². The van der Waals surface area contributed by atoms with Crippen molar-refractivity contribution in [3.8, 4) is 5.75 Å². The number of anilines is 1. The molecule has 1 aliphatic rings. The van der Waals surface area contributed by atoms with Crippen LogP contribution < -0.4 is 21.1 Å². The Kier molecular flexibility index (Phi) is 7.03. The Hall–Kier alpha value is -3.05. The van der Waals surface area contributed by atoms with Crippen LogP contribution in [0.2, 0.25) is 0 Å². The van der Waals surface area contributed by atoms with Crippen LogP contribution >= 0.6 is 23.6 Å². The van der Waals surface area contributed by atoms with Crippen molar-refractivity contribution >= 4 is 51.2 Å². The lowest BCUT2D eigenvalue weighted by Crippen LogP contribution is -2.34. The number of carbonyl (C=O) groups is 2. The number of nitro benzene ring substituents is 1. The number of hydrogen-bond donors (Lipinski definition) is 3. The topological polar surface area (TPSA) is 137 Å². The number of thiocarbonyl (C=S) groups is 1. The van der Waals surface area contributed by atoms with Crippen LogP contribution in [-0.4, -0.2) is 29.0 Å². The maximum Gasteiger partial charge on any atom is 0.311 e. The van der Waals surface area contributed by atoms with Gasteiger partial charge in [-0.3, -0.25) is 25.0 Å². The molecule has 11 heteroatoms. The first-order valence-electron chi connectivity index (χ1n) is 10.3. The molecule has 0 bridgehead atoms. The highest BCUT2D eigenvalue weighted by Gasteiger charge is 2.33. The highest BCUT2D eigenvalue weighted by molar-refractivity contribution is 7.80. The third-order valence-corrected chi connectivity index (χ3v) is 7.20. The number of fused-ring (bicyclic) bond motifs is 1. The maximum atomic E-state index is 12.6. The molecule has 0 aliphatic heterocycles. The van der Waals surface area contributed by atoms with Gasteiger partial charge in [-0.15, -0.1) is 11.3 Å². The predicted octanol–water partition coefficient (Wildman–Crippen LogP) is 4.04. The lowest BCUT2D eigenvalue weighted by atomic mass is 9.72. The van der Waals surface area contributed by atoms with Crippen molar-refractivity contribution in [2.75, 3.05) is 12.4 Å². The molecule has 3 rings (SSSR count). The highest BCUT2D eigenvalue weighted by Crippen LogP contribution is 2.44. The summed E-state index contributed by atoms with van der Waals surface area (Å²) in [5, 5.41) is 17.1. The van der Waals surface area contributed by atoms with Gasteiger partial charge in [0.25, 0.3) is 11.8 Å². The number of methoxy groups -OCH3 is 1. The first-order valence-corrected chi connectivity index (χ1v) is 11.5. The maximum absolute atomic E-state index is 12.6. The molecule has 4 N–H and O–H groups in total. The zero-order valence-electron chi connectivity index (χ0n) is 18.8. The number of thiophene rings is 1. The molecular formula is C22H26N4O5S2. The van der Waals surface area contributed by atoms with Crippen LogP contribution in [-0.2, 0) is 12.8 Å². The van der Waals surface area contributed by atoms with Crippen LogP contribution in [0.5, 0.6) is 5.75 Å². The molecule has 9 nitrogen and oxygen atoms in total. The first kappa shape index (κ1) is 24.6. The summed E-state index contributed by atoms with van der Waals surface area (Å²) < 4.78 is 4.95. The SMILES string of the molecule is COc1ccc(C(=O)NC(=S)Nc2sc3c(c2C(N)=O)CC[C@H](C(C)(C)C)C3)cc1[N+](=O)[O-]. The zero-order chi connectivity index (χ0) is 24.5. The van der Waals surface area contributed by atoms with E-state index in [0.29, 0.717) is 16.5 Å². The molecule has 1 aliphatic carbocycles. The molecule has 1 heterocycles. The van der Waals surface area contributed by atoms with E-state index in [1.165, 1.54) is 30.6 Å². The molecule has 2 amide bonds. The summed E-state index contributed by atoms with van der Waals surface area (Å²) in [4.78, 5) is 36.5. The average Bonchev–Trinajstić information content (AvgIpc) is 3.09. The summed E-state index contributed by atoms with van der Waals surface area (Å²) in [5.41, 5.74) is 6.86. The van der Waals surface area contributed by atoms with Gasteiger partial charge in [0.2, 0.25) is 0 Å². The van der Waals surface area contributed by atoms with E-state index in [9.17, 15) is 19.7 Å². The van der Waals surface area contributed by atoms with Crippen molar-refractivity contribution in [1.82, 2.24) is 5.32 Å². The smallest absolute Gasteiger partial charge is 0.311 e. The Labute approximate surface area is 200 Å². The Morgan fingerprint density at radius 2 is 2.03 bits per heavy atom. The molecule has 1 aromatic heterocycles. The van der Waals surface area contributed by atoms with Crippen molar-refractivity contribution in [2.24, 2.45) is 17.1 Å². The largest absolute Gasteiger partial charge is 0.490 e. The predicted molar refractivity (Wildman–Crippen MR) is 131 cm³/mol. The molecule has 0 spiro atoms. The summed E-state index contributed by atoms with van der Waals surface area (Å²) in [6, 6.07) is 3.85. The number of carbonyl (C=O) groups excluding carboxylic acids is 2. The zero-order valence-corrected chi connectivity index (χ0v) is 20.4. The van der Waals surface area contributed by atoms with Gasteiger partial charge in [-0.25, -0.2) is 0 Å². The van der Waals surface area contributed by atoms with Crippen molar-refractivity contribution in [2.45, 2.75) is 40.0 Å². The quantitative estimate of drug-likeness (QED) is 0.327. The third kappa shape index (κ3) is 5.31. The van der Waals surface area contributed by atoms with Gasteiger partial charge in [0.1, 0.15) is 5.00 Å². The monoisotopic (exact) mass is 490 g/mol. The minimum Gasteiger partial charge on any atom is -0.490 e. The molecule has 0 fully saturated rings. The lowest BCUT2D eigenvalue weighted by Gasteiger charge is -2.33. The Morgan fingerprint density at radius 3 is 2.61 bits per heavy atom. The minimum atomic E-state index is -0.633. The summed E-state index contributed by atoms with van der Waals surface area (Å²) in [7, 11) is 1.31. The van der Waals surface area contributed by atoms with Crippen molar-refractivity contribution in [1.29, 1.82) is 0 Å². The van der Waals surface area contributed by atoms with Gasteiger partial charge >= 0.3 is 5.69 Å². The van der Waals surface area contributed by atoms with Gasteiger partial charge in [-0.1, -0.05) is 20.8 Å². The molecule has 0 radical (unpaired) electrons. The van der Waals surface area contributed by atoms with E-state index in [-0.39, 0.29) is 27.5 Å². The number of nitrogens with two attached hydrogens (primary N) is 1. The van der Waals surface area contributed by atoms with Crippen LogP contribution in [0, 0.1) is 21.4 Å². The molecule has 0 saturated heterocycles. The number of primary amides is 1. The fraction of sp³-hybridized carbons (Fsp3) is 0.409. The Bertz CT molecular complexity index is 1140. The van der Waals surface area contributed by atoms with E-state index in [4.69, 9.17) is 22.7 Å². The molecule has 0 saturated carbocycles. The number of nitro groups is 1. The van der Waals surface area contributed by atoms with Gasteiger partial charge in [0, 0.05) is 16.5 Å². The highest BCUT2D eigenvalue weighted by atomic mass is 32.1. The number of amides is 2. The van der Waals surface area contributed by atoms with Crippen LogP contribution in [0.25, 0.3) is 0 Å². The van der Waals surface area contributed by atoms with E-state index in [1.807, 2.05) is 0 Å². The standard InChI is InChI=1S/C22H26N4O5S2/c1-22(2,3)12-6-7-13-16(10-12)33-20(17(13)18(23)27)25-21(32)24-19(28)11-5-8-15(31-4)14(9-11)26(29)30/h5,8-9,12H,6-7,10H2,1-4H3,(H2,23,27)(H2,24,25,28,32)/t12-/m0/s1. The second-order valence-corrected chi connectivity index (χ2v) is 10.4. The fourth-order valence-corrected chi connectivity index (χ4v) is 5.55. The molecular weight excluding hydrogens is 464 g/mol. The number of nitrogens with one attached hydrogen (secondary N) is 2. The molecule has 1 atom stereocenters. The van der Waals surface area contributed by atoms with Crippen LogP contribution in [0.4, 0.5) is 10.7 Å².